The summed E-state index contributed by atoms with van der Waals surface area (Å²) in [5.41, 5.74) is 0. The molecular formula is C51H88O5. The summed E-state index contributed by atoms with van der Waals surface area (Å²) in [4.78, 5) is 25.1. The summed E-state index contributed by atoms with van der Waals surface area (Å²) in [5.74, 6) is -0.431. The number of esters is 2. The number of carbonyl (C=O) groups is 2. The first kappa shape index (κ1) is 53.3. The lowest BCUT2D eigenvalue weighted by Crippen LogP contribution is -2.30. The zero-order valence-electron chi connectivity index (χ0n) is 36.9. The Morgan fingerprint density at radius 1 is 0.411 bits per heavy atom. The molecule has 0 aromatic rings. The van der Waals surface area contributed by atoms with Crippen LogP contribution in [0.5, 0.6) is 0 Å². The molecule has 0 aliphatic rings. The van der Waals surface area contributed by atoms with Crippen LogP contribution >= 0.6 is 0 Å². The highest BCUT2D eigenvalue weighted by Gasteiger charge is 2.17. The van der Waals surface area contributed by atoms with E-state index < -0.39 is 6.10 Å². The average Bonchev–Trinajstić information content (AvgIpc) is 3.20. The molecule has 0 aliphatic heterocycles. The van der Waals surface area contributed by atoms with E-state index in [4.69, 9.17) is 14.2 Å². The van der Waals surface area contributed by atoms with Crippen molar-refractivity contribution < 1.29 is 23.8 Å². The maximum Gasteiger partial charge on any atom is 0.306 e. The molecule has 0 saturated carbocycles. The highest BCUT2D eigenvalue weighted by molar-refractivity contribution is 5.70. The molecule has 0 amide bonds. The van der Waals surface area contributed by atoms with E-state index in [-0.39, 0.29) is 25.2 Å². The standard InChI is InChI=1S/C51H88O5/c1-4-7-10-13-16-18-20-22-24-25-26-28-30-32-34-37-40-43-46-54-47-49(56-51(53)45-42-39-35-15-12-9-6-3)48-55-50(52)44-41-38-36-33-31-29-27-23-21-19-17-14-11-8-5-2/h7,10,16-19,22-24,26-28,49H,4-6,8-9,11-15,20-21,25,29-48H2,1-3H3/b10-7-,18-16-,19-17-,24-22-,27-23-,28-26-. The lowest BCUT2D eigenvalue weighted by atomic mass is 10.1. The van der Waals surface area contributed by atoms with Gasteiger partial charge in [-0.15, -0.1) is 0 Å². The Morgan fingerprint density at radius 3 is 1.32 bits per heavy atom. The molecule has 56 heavy (non-hydrogen) atoms. The summed E-state index contributed by atoms with van der Waals surface area (Å²) in [6, 6.07) is 0. The van der Waals surface area contributed by atoms with Crippen molar-refractivity contribution in [2.75, 3.05) is 19.8 Å². The summed E-state index contributed by atoms with van der Waals surface area (Å²) in [6.07, 6.45) is 59.1. The Balaban J connectivity index is 4.21. The van der Waals surface area contributed by atoms with Gasteiger partial charge < -0.3 is 14.2 Å². The van der Waals surface area contributed by atoms with Gasteiger partial charge in [0.15, 0.2) is 6.10 Å². The van der Waals surface area contributed by atoms with Gasteiger partial charge in [-0.05, 0) is 89.9 Å². The topological polar surface area (TPSA) is 61.8 Å². The number of carbonyl (C=O) groups excluding carboxylic acids is 2. The van der Waals surface area contributed by atoms with Gasteiger partial charge in [0.05, 0.1) is 6.61 Å². The third kappa shape index (κ3) is 44.1. The van der Waals surface area contributed by atoms with E-state index in [1.807, 2.05) is 0 Å². The Morgan fingerprint density at radius 2 is 0.804 bits per heavy atom. The minimum absolute atomic E-state index is 0.0686. The van der Waals surface area contributed by atoms with Crippen LogP contribution in [0.1, 0.15) is 213 Å². The largest absolute Gasteiger partial charge is 0.462 e. The highest BCUT2D eigenvalue weighted by atomic mass is 16.6. The van der Waals surface area contributed by atoms with E-state index in [9.17, 15) is 9.59 Å². The van der Waals surface area contributed by atoms with Crippen molar-refractivity contribution in [3.8, 4) is 0 Å². The van der Waals surface area contributed by atoms with E-state index in [0.29, 0.717) is 19.4 Å². The van der Waals surface area contributed by atoms with E-state index in [0.717, 1.165) is 96.3 Å². The lowest BCUT2D eigenvalue weighted by Gasteiger charge is -2.18. The molecule has 0 aliphatic carbocycles. The molecule has 5 nitrogen and oxygen atoms in total. The molecule has 0 fully saturated rings. The molecule has 0 spiro atoms. The monoisotopic (exact) mass is 781 g/mol. The summed E-state index contributed by atoms with van der Waals surface area (Å²) in [5, 5.41) is 0. The number of ether oxygens (including phenoxy) is 3. The van der Waals surface area contributed by atoms with E-state index in [1.54, 1.807) is 0 Å². The number of unbranched alkanes of at least 4 members (excludes halogenated alkanes) is 19. The molecule has 0 aromatic carbocycles. The Labute approximate surface area is 347 Å². The Hall–Kier alpha value is -2.66. The van der Waals surface area contributed by atoms with Crippen LogP contribution in [0.15, 0.2) is 72.9 Å². The normalized spacial score (nSPS) is 12.8. The van der Waals surface area contributed by atoms with Gasteiger partial charge >= 0.3 is 11.9 Å². The van der Waals surface area contributed by atoms with Crippen LogP contribution in [0.3, 0.4) is 0 Å². The van der Waals surface area contributed by atoms with Gasteiger partial charge in [-0.25, -0.2) is 0 Å². The summed E-state index contributed by atoms with van der Waals surface area (Å²) < 4.78 is 17.3. The molecule has 0 radical (unpaired) electrons. The van der Waals surface area contributed by atoms with Gasteiger partial charge in [0.1, 0.15) is 6.61 Å². The van der Waals surface area contributed by atoms with Gasteiger partial charge in [0.2, 0.25) is 0 Å². The number of hydrogen-bond donors (Lipinski definition) is 0. The summed E-state index contributed by atoms with van der Waals surface area (Å²) >= 11 is 0. The molecule has 0 heterocycles. The minimum Gasteiger partial charge on any atom is -0.462 e. The van der Waals surface area contributed by atoms with E-state index in [2.05, 4.69) is 93.7 Å². The second kappa shape index (κ2) is 46.7. The van der Waals surface area contributed by atoms with Gasteiger partial charge in [0, 0.05) is 19.4 Å². The van der Waals surface area contributed by atoms with Crippen LogP contribution in [0.4, 0.5) is 0 Å². The van der Waals surface area contributed by atoms with Crippen molar-refractivity contribution in [3.63, 3.8) is 0 Å². The smallest absolute Gasteiger partial charge is 0.306 e. The third-order valence-electron chi connectivity index (χ3n) is 9.73. The van der Waals surface area contributed by atoms with Crippen LogP contribution in [-0.2, 0) is 23.8 Å². The minimum atomic E-state index is -0.549. The van der Waals surface area contributed by atoms with Crippen LogP contribution in [0.2, 0.25) is 0 Å². The van der Waals surface area contributed by atoms with Crippen molar-refractivity contribution in [2.45, 2.75) is 219 Å². The first-order valence-corrected chi connectivity index (χ1v) is 23.5. The zero-order valence-corrected chi connectivity index (χ0v) is 36.9. The van der Waals surface area contributed by atoms with Crippen molar-refractivity contribution in [3.05, 3.63) is 72.9 Å². The van der Waals surface area contributed by atoms with Crippen molar-refractivity contribution in [1.29, 1.82) is 0 Å². The zero-order chi connectivity index (χ0) is 40.7. The lowest BCUT2D eigenvalue weighted by molar-refractivity contribution is -0.163. The Kier molecular flexibility index (Phi) is 44.5. The quantitative estimate of drug-likeness (QED) is 0.0351. The average molecular weight is 781 g/mol. The van der Waals surface area contributed by atoms with Crippen LogP contribution in [0, 0.1) is 0 Å². The van der Waals surface area contributed by atoms with E-state index in [1.165, 1.54) is 83.5 Å². The van der Waals surface area contributed by atoms with Crippen molar-refractivity contribution in [2.24, 2.45) is 0 Å². The van der Waals surface area contributed by atoms with Gasteiger partial charge in [-0.2, -0.15) is 0 Å². The van der Waals surface area contributed by atoms with Gasteiger partial charge in [-0.1, -0.05) is 184 Å². The highest BCUT2D eigenvalue weighted by Crippen LogP contribution is 2.12. The predicted molar refractivity (Wildman–Crippen MR) is 242 cm³/mol. The molecule has 0 saturated heterocycles. The fourth-order valence-electron chi connectivity index (χ4n) is 6.24. The first-order valence-electron chi connectivity index (χ1n) is 23.5. The summed E-state index contributed by atoms with van der Waals surface area (Å²) in [7, 11) is 0. The van der Waals surface area contributed by atoms with Crippen molar-refractivity contribution in [1.82, 2.24) is 0 Å². The molecule has 1 atom stereocenters. The molecule has 322 valence electrons. The fourth-order valence-corrected chi connectivity index (χ4v) is 6.24. The number of hydrogen-bond acceptors (Lipinski definition) is 5. The second-order valence-electron chi connectivity index (χ2n) is 15.3. The molecule has 1 unspecified atom stereocenters. The number of allylic oxidation sites excluding steroid dienone is 12. The van der Waals surface area contributed by atoms with Gasteiger partial charge in [0.25, 0.3) is 0 Å². The summed E-state index contributed by atoms with van der Waals surface area (Å²) in [6.45, 7) is 7.59. The molecule has 5 heteroatoms. The first-order chi connectivity index (χ1) is 27.6. The van der Waals surface area contributed by atoms with Crippen molar-refractivity contribution >= 4 is 11.9 Å². The maximum absolute atomic E-state index is 12.6. The molecule has 0 rings (SSSR count). The van der Waals surface area contributed by atoms with Crippen LogP contribution in [-0.4, -0.2) is 37.9 Å². The Bertz CT molecular complexity index is 1020. The SMILES string of the molecule is CC/C=C\C/C=C\C/C=C\C/C=C\CCCCCCCOCC(COC(=O)CCCCCCC/C=C\C/C=C\CCCCC)OC(=O)CCCCCCCCC. The van der Waals surface area contributed by atoms with Gasteiger partial charge in [-0.3, -0.25) is 9.59 Å². The molecule has 0 N–H and O–H groups in total. The molecule has 0 bridgehead atoms. The van der Waals surface area contributed by atoms with E-state index >= 15 is 0 Å². The fraction of sp³-hybridized carbons (Fsp3) is 0.725. The number of rotatable bonds is 42. The maximum atomic E-state index is 12.6. The van der Waals surface area contributed by atoms with Crippen LogP contribution < -0.4 is 0 Å². The second-order valence-corrected chi connectivity index (χ2v) is 15.3. The predicted octanol–water partition coefficient (Wildman–Crippen LogP) is 15.6. The third-order valence-corrected chi connectivity index (χ3v) is 9.73. The van der Waals surface area contributed by atoms with Crippen LogP contribution in [0.25, 0.3) is 0 Å². The molecular weight excluding hydrogens is 693 g/mol. The molecule has 0 aromatic heterocycles.